The molecule has 1 aliphatic carbocycles. The average Bonchev–Trinajstić information content (AvgIpc) is 2.29. The van der Waals surface area contributed by atoms with E-state index in [4.69, 9.17) is 11.6 Å². The number of hydrogen-bond donors (Lipinski definition) is 0. The van der Waals surface area contributed by atoms with Gasteiger partial charge in [0.1, 0.15) is 0 Å². The van der Waals surface area contributed by atoms with Gasteiger partial charge in [-0.2, -0.15) is 0 Å². The van der Waals surface area contributed by atoms with Crippen LogP contribution in [0.4, 0.5) is 0 Å². The van der Waals surface area contributed by atoms with Crippen LogP contribution >= 0.6 is 11.6 Å². The molecule has 0 bridgehead atoms. The number of allylic oxidation sites excluding steroid dienone is 1. The third kappa shape index (κ3) is 2.42. The van der Waals surface area contributed by atoms with E-state index >= 15 is 0 Å². The van der Waals surface area contributed by atoms with Crippen LogP contribution in [0.25, 0.3) is 5.57 Å². The minimum Gasteiger partial charge on any atom is -0.0955 e. The van der Waals surface area contributed by atoms with E-state index in [-0.39, 0.29) is 0 Å². The van der Waals surface area contributed by atoms with Gasteiger partial charge in [0.25, 0.3) is 0 Å². The van der Waals surface area contributed by atoms with Crippen LogP contribution in [-0.4, -0.2) is 0 Å². The molecular weight excluding hydrogens is 228 g/mol. The lowest BCUT2D eigenvalue weighted by Gasteiger charge is -2.22. The van der Waals surface area contributed by atoms with E-state index in [1.54, 1.807) is 0 Å². The van der Waals surface area contributed by atoms with Crippen molar-refractivity contribution in [2.45, 2.75) is 52.4 Å². The molecule has 0 fully saturated rings. The zero-order valence-electron chi connectivity index (χ0n) is 10.9. The number of rotatable bonds is 3. The average molecular weight is 249 g/mol. The molecule has 0 radical (unpaired) electrons. The van der Waals surface area contributed by atoms with Gasteiger partial charge in [-0.05, 0) is 66.9 Å². The summed E-state index contributed by atoms with van der Waals surface area (Å²) in [4.78, 5) is 0. The van der Waals surface area contributed by atoms with Gasteiger partial charge in [0.05, 0.1) is 5.02 Å². The second-order valence-corrected chi connectivity index (χ2v) is 5.48. The van der Waals surface area contributed by atoms with E-state index in [0.29, 0.717) is 0 Å². The fraction of sp³-hybridized carbons (Fsp3) is 0.500. The lowest BCUT2D eigenvalue weighted by Crippen LogP contribution is -2.07. The Morgan fingerprint density at radius 2 is 2.06 bits per heavy atom. The lowest BCUT2D eigenvalue weighted by atomic mass is 9.85. The molecule has 0 N–H and O–H groups in total. The van der Waals surface area contributed by atoms with Crippen molar-refractivity contribution in [3.05, 3.63) is 39.9 Å². The fourth-order valence-electron chi connectivity index (χ4n) is 2.84. The molecule has 2 rings (SSSR count). The van der Waals surface area contributed by atoms with Crippen molar-refractivity contribution in [2.75, 3.05) is 0 Å². The molecule has 0 atom stereocenters. The van der Waals surface area contributed by atoms with Crippen LogP contribution in [0.5, 0.6) is 0 Å². The van der Waals surface area contributed by atoms with Gasteiger partial charge < -0.3 is 0 Å². The van der Waals surface area contributed by atoms with E-state index in [1.807, 2.05) is 0 Å². The quantitative estimate of drug-likeness (QED) is 0.689. The van der Waals surface area contributed by atoms with E-state index in [2.05, 4.69) is 26.5 Å². The molecule has 92 valence electrons. The number of aryl methyl sites for hydroxylation is 2. The van der Waals surface area contributed by atoms with Crippen LogP contribution in [0, 0.1) is 0 Å². The first kappa shape index (κ1) is 12.7. The van der Waals surface area contributed by atoms with Gasteiger partial charge in [-0.1, -0.05) is 37.6 Å². The SMILES string of the molecule is C=C(C)c1c(CCC)cc2c(c1Cl)CCCC2. The highest BCUT2D eigenvalue weighted by atomic mass is 35.5. The molecule has 0 nitrogen and oxygen atoms in total. The molecule has 1 aromatic carbocycles. The second kappa shape index (κ2) is 5.27. The normalized spacial score (nSPS) is 14.5. The third-order valence-corrected chi connectivity index (χ3v) is 4.03. The van der Waals surface area contributed by atoms with Crippen LogP contribution in [0.1, 0.15) is 55.4 Å². The highest BCUT2D eigenvalue weighted by molar-refractivity contribution is 6.33. The van der Waals surface area contributed by atoms with Gasteiger partial charge in [-0.25, -0.2) is 0 Å². The van der Waals surface area contributed by atoms with Crippen molar-refractivity contribution in [1.29, 1.82) is 0 Å². The Balaban J connectivity index is 2.59. The van der Waals surface area contributed by atoms with Crippen molar-refractivity contribution in [3.63, 3.8) is 0 Å². The Morgan fingerprint density at radius 3 is 2.71 bits per heavy atom. The minimum absolute atomic E-state index is 0.984. The minimum atomic E-state index is 0.984. The summed E-state index contributed by atoms with van der Waals surface area (Å²) in [7, 11) is 0. The number of benzene rings is 1. The number of hydrogen-bond acceptors (Lipinski definition) is 0. The van der Waals surface area contributed by atoms with E-state index in [1.165, 1.54) is 41.5 Å². The summed E-state index contributed by atoms with van der Waals surface area (Å²) in [6.07, 6.45) is 7.18. The van der Waals surface area contributed by atoms with Crippen LogP contribution in [0.15, 0.2) is 12.6 Å². The van der Waals surface area contributed by atoms with Gasteiger partial charge in [0.2, 0.25) is 0 Å². The lowest BCUT2D eigenvalue weighted by molar-refractivity contribution is 0.683. The summed E-state index contributed by atoms with van der Waals surface area (Å²) in [6.45, 7) is 8.38. The predicted molar refractivity (Wildman–Crippen MR) is 76.8 cm³/mol. The summed E-state index contributed by atoms with van der Waals surface area (Å²) in [6, 6.07) is 2.38. The first-order chi connectivity index (χ1) is 8.15. The molecule has 1 aliphatic rings. The third-order valence-electron chi connectivity index (χ3n) is 3.61. The summed E-state index contributed by atoms with van der Waals surface area (Å²) < 4.78 is 0. The van der Waals surface area contributed by atoms with Gasteiger partial charge in [0.15, 0.2) is 0 Å². The smallest absolute Gasteiger partial charge is 0.0518 e. The topological polar surface area (TPSA) is 0 Å². The Hall–Kier alpha value is -0.750. The first-order valence-electron chi connectivity index (χ1n) is 6.64. The number of fused-ring (bicyclic) bond motifs is 1. The summed E-state index contributed by atoms with van der Waals surface area (Å²) in [5, 5.41) is 0.984. The summed E-state index contributed by atoms with van der Waals surface area (Å²) in [5.41, 5.74) is 6.58. The molecule has 0 spiro atoms. The molecule has 0 heterocycles. The molecule has 0 aliphatic heterocycles. The fourth-order valence-corrected chi connectivity index (χ4v) is 3.34. The van der Waals surface area contributed by atoms with Crippen molar-refractivity contribution in [3.8, 4) is 0 Å². The maximum atomic E-state index is 6.60. The Labute approximate surface area is 110 Å². The molecular formula is C16H21Cl. The highest BCUT2D eigenvalue weighted by Crippen LogP contribution is 2.36. The van der Waals surface area contributed by atoms with Gasteiger partial charge >= 0.3 is 0 Å². The summed E-state index contributed by atoms with van der Waals surface area (Å²) in [5.74, 6) is 0. The highest BCUT2D eigenvalue weighted by Gasteiger charge is 2.18. The molecule has 0 saturated heterocycles. The van der Waals surface area contributed by atoms with Crippen molar-refractivity contribution in [2.24, 2.45) is 0 Å². The van der Waals surface area contributed by atoms with Crippen molar-refractivity contribution >= 4 is 17.2 Å². The van der Waals surface area contributed by atoms with E-state index in [9.17, 15) is 0 Å². The van der Waals surface area contributed by atoms with E-state index < -0.39 is 0 Å². The van der Waals surface area contributed by atoms with Crippen LogP contribution < -0.4 is 0 Å². The standard InChI is InChI=1S/C16H21Cl/c1-4-7-13-10-12-8-5-6-9-14(12)16(17)15(13)11(2)3/h10H,2,4-9H2,1,3H3. The molecule has 0 amide bonds. The van der Waals surface area contributed by atoms with Crippen LogP contribution in [0.2, 0.25) is 5.02 Å². The maximum absolute atomic E-state index is 6.60. The van der Waals surface area contributed by atoms with Gasteiger partial charge in [-0.3, -0.25) is 0 Å². The Morgan fingerprint density at radius 1 is 1.35 bits per heavy atom. The molecule has 0 unspecified atom stereocenters. The second-order valence-electron chi connectivity index (χ2n) is 5.10. The monoisotopic (exact) mass is 248 g/mol. The largest absolute Gasteiger partial charge is 0.0955 e. The molecule has 0 aromatic heterocycles. The van der Waals surface area contributed by atoms with E-state index in [0.717, 1.165) is 29.9 Å². The predicted octanol–water partition coefficient (Wildman–Crippen LogP) is 5.20. The molecule has 1 aromatic rings. The maximum Gasteiger partial charge on any atom is 0.0518 e. The van der Waals surface area contributed by atoms with Crippen molar-refractivity contribution < 1.29 is 0 Å². The van der Waals surface area contributed by atoms with Gasteiger partial charge in [-0.15, -0.1) is 0 Å². The Bertz CT molecular complexity index is 443. The molecule has 1 heteroatoms. The summed E-state index contributed by atoms with van der Waals surface area (Å²) >= 11 is 6.60. The Kier molecular flexibility index (Phi) is 3.93. The first-order valence-corrected chi connectivity index (χ1v) is 7.02. The molecule has 17 heavy (non-hydrogen) atoms. The zero-order chi connectivity index (χ0) is 12.4. The van der Waals surface area contributed by atoms with Crippen LogP contribution in [0.3, 0.4) is 0 Å². The zero-order valence-corrected chi connectivity index (χ0v) is 11.7. The van der Waals surface area contributed by atoms with Crippen molar-refractivity contribution in [1.82, 2.24) is 0 Å². The number of halogens is 1. The van der Waals surface area contributed by atoms with Crippen LogP contribution in [-0.2, 0) is 19.3 Å². The van der Waals surface area contributed by atoms with Gasteiger partial charge in [0, 0.05) is 0 Å². The molecule has 0 saturated carbocycles.